The van der Waals surface area contributed by atoms with Crippen LogP contribution in [0, 0.1) is 0 Å². The Kier molecular flexibility index (Phi) is 10.5. The second-order valence-corrected chi connectivity index (χ2v) is 13.2. The lowest BCUT2D eigenvalue weighted by atomic mass is 9.71. The molecule has 1 fully saturated rings. The van der Waals surface area contributed by atoms with Gasteiger partial charge in [-0.15, -0.1) is 12.4 Å². The number of hydrazone groups is 1. The molecule has 4 unspecified atom stereocenters. The van der Waals surface area contributed by atoms with Gasteiger partial charge in [0.1, 0.15) is 22.8 Å². The maximum absolute atomic E-state index is 13.9. The predicted molar refractivity (Wildman–Crippen MR) is 188 cm³/mol. The second-order valence-electron chi connectivity index (χ2n) is 13.2. The van der Waals surface area contributed by atoms with E-state index >= 15 is 0 Å². The van der Waals surface area contributed by atoms with Crippen molar-refractivity contribution in [3.05, 3.63) is 81.4 Å². The first-order chi connectivity index (χ1) is 23.7. The number of ketones is 2. The number of nitrogens with zero attached hydrogens (tertiary/aromatic N) is 2. The third-order valence-corrected chi connectivity index (χ3v) is 9.79. The molecule has 0 aromatic heterocycles. The summed E-state index contributed by atoms with van der Waals surface area (Å²) in [5.74, 6) is -3.11. The Labute approximate surface area is 300 Å². The lowest BCUT2D eigenvalue weighted by Crippen LogP contribution is -2.52. The Morgan fingerprint density at radius 2 is 1.73 bits per heavy atom. The average molecular weight is 725 g/mol. The zero-order chi connectivity index (χ0) is 36.2. The number of aliphatic hydroxyl groups excluding tert-OH is 1. The molecule has 15 heteroatoms. The number of rotatable bonds is 7. The summed E-state index contributed by atoms with van der Waals surface area (Å²) in [6.07, 6.45) is -4.56. The van der Waals surface area contributed by atoms with E-state index < -0.39 is 76.3 Å². The number of aliphatic hydroxyl groups is 2. The van der Waals surface area contributed by atoms with Crippen molar-refractivity contribution in [3.63, 3.8) is 0 Å². The predicted octanol–water partition coefficient (Wildman–Crippen LogP) is 2.73. The Hall–Kier alpha value is -4.57. The van der Waals surface area contributed by atoms with Crippen LogP contribution in [-0.2, 0) is 15.9 Å². The monoisotopic (exact) mass is 724 g/mol. The number of methoxy groups -OCH3 is 1. The van der Waals surface area contributed by atoms with Gasteiger partial charge >= 0.3 is 0 Å². The van der Waals surface area contributed by atoms with E-state index in [1.54, 1.807) is 31.2 Å². The van der Waals surface area contributed by atoms with Crippen molar-refractivity contribution in [3.8, 4) is 17.2 Å². The number of amides is 1. The van der Waals surface area contributed by atoms with Crippen molar-refractivity contribution in [2.24, 2.45) is 10.8 Å². The van der Waals surface area contributed by atoms with E-state index in [1.165, 1.54) is 32.2 Å². The van der Waals surface area contributed by atoms with Crippen LogP contribution in [0.3, 0.4) is 0 Å². The first kappa shape index (κ1) is 37.7. The van der Waals surface area contributed by atoms with Crippen LogP contribution in [0.2, 0.25) is 0 Å². The highest BCUT2D eigenvalue weighted by atomic mass is 35.5. The molecule has 0 spiro atoms. The van der Waals surface area contributed by atoms with Crippen molar-refractivity contribution in [2.75, 3.05) is 26.1 Å². The minimum absolute atomic E-state index is 0. The van der Waals surface area contributed by atoms with Gasteiger partial charge in [-0.25, -0.2) is 5.43 Å². The Morgan fingerprint density at radius 1 is 1.06 bits per heavy atom. The van der Waals surface area contributed by atoms with Gasteiger partial charge in [0.25, 0.3) is 5.91 Å². The lowest BCUT2D eigenvalue weighted by molar-refractivity contribution is -0.245. The molecule has 2 aliphatic carbocycles. The van der Waals surface area contributed by atoms with Crippen LogP contribution in [-0.4, -0.2) is 95.0 Å². The first-order valence-electron chi connectivity index (χ1n) is 16.1. The fourth-order valence-electron chi connectivity index (χ4n) is 6.88. The molecule has 3 aromatic carbocycles. The topological polar surface area (TPSA) is 213 Å². The number of nitrogens with one attached hydrogen (secondary N) is 1. The summed E-state index contributed by atoms with van der Waals surface area (Å²) >= 11 is 0. The molecule has 272 valence electrons. The minimum atomic E-state index is -1.90. The van der Waals surface area contributed by atoms with Crippen molar-refractivity contribution < 1.29 is 49.0 Å². The van der Waals surface area contributed by atoms with Gasteiger partial charge in [0, 0.05) is 67.3 Å². The molecule has 3 aromatic rings. The summed E-state index contributed by atoms with van der Waals surface area (Å²) in [5, 5.41) is 50.2. The molecule has 0 saturated carbocycles. The summed E-state index contributed by atoms with van der Waals surface area (Å²) in [7, 11) is 5.09. The Balaban J connectivity index is 0.00000504. The smallest absolute Gasteiger partial charge is 0.271 e. The summed E-state index contributed by atoms with van der Waals surface area (Å²) in [6, 6.07) is 10.6. The first-order valence-corrected chi connectivity index (χ1v) is 16.1. The molecular formula is C36H41ClN4O10. The fraction of sp³-hybridized carbons (Fsp3) is 0.389. The largest absolute Gasteiger partial charge is 0.507 e. The van der Waals surface area contributed by atoms with E-state index in [0.717, 1.165) is 5.69 Å². The van der Waals surface area contributed by atoms with E-state index in [-0.39, 0.29) is 65.4 Å². The summed E-state index contributed by atoms with van der Waals surface area (Å²) in [4.78, 5) is 42.6. The summed E-state index contributed by atoms with van der Waals surface area (Å²) < 4.78 is 17.5. The number of ether oxygens (including phenoxy) is 3. The number of anilines is 1. The normalized spacial score (nSPS) is 25.6. The van der Waals surface area contributed by atoms with Crippen LogP contribution < -0.4 is 20.8 Å². The fourth-order valence-corrected chi connectivity index (χ4v) is 6.88. The summed E-state index contributed by atoms with van der Waals surface area (Å²) in [5.41, 5.74) is 6.94. The highest BCUT2D eigenvalue weighted by Crippen LogP contribution is 2.52. The van der Waals surface area contributed by atoms with Gasteiger partial charge in [0.15, 0.2) is 12.1 Å². The van der Waals surface area contributed by atoms with Crippen LogP contribution in [0.15, 0.2) is 47.6 Å². The van der Waals surface area contributed by atoms with Crippen LogP contribution in [0.1, 0.15) is 86.1 Å². The van der Waals surface area contributed by atoms with E-state index in [2.05, 4.69) is 10.5 Å². The van der Waals surface area contributed by atoms with E-state index in [0.29, 0.717) is 5.56 Å². The lowest BCUT2D eigenvalue weighted by Gasteiger charge is -2.42. The molecule has 6 atom stereocenters. The van der Waals surface area contributed by atoms with Gasteiger partial charge in [-0.3, -0.25) is 14.4 Å². The number of benzene rings is 3. The molecule has 3 aliphatic rings. The third kappa shape index (κ3) is 6.54. The number of nitrogens with two attached hydrogens (primary N) is 1. The molecule has 1 aliphatic heterocycles. The standard InChI is InChI=1S/C36H40N4O10.ClH/c1-16-30(41)22(37)13-25(49-16)50-24-15-36(47,17(2)38-39-35(46)18-9-11-19(12-10-18)40(3)4)14-21-27(24)34(45)29-28(32(21)43)31(42)20-7-6-8-23(48-5)26(20)33(29)44;/h6-12,16,22,24-25,30,41,43,45,47H,13-15,37H2,1-5H3,(H,39,46);1H/b38-17+;/t16?,22?,24-,25?,30?,36-;/m0./s1. The Morgan fingerprint density at radius 3 is 2.35 bits per heavy atom. The van der Waals surface area contributed by atoms with Crippen molar-refractivity contribution in [2.45, 2.75) is 69.4 Å². The molecule has 6 rings (SSSR count). The quantitative estimate of drug-likeness (QED) is 0.0923. The van der Waals surface area contributed by atoms with Gasteiger partial charge in [0.05, 0.1) is 47.8 Å². The zero-order valence-electron chi connectivity index (χ0n) is 28.7. The highest BCUT2D eigenvalue weighted by molar-refractivity contribution is 6.31. The van der Waals surface area contributed by atoms with Crippen LogP contribution in [0.5, 0.6) is 17.2 Å². The number of phenols is 2. The zero-order valence-corrected chi connectivity index (χ0v) is 29.5. The summed E-state index contributed by atoms with van der Waals surface area (Å²) in [6.45, 7) is 3.10. The SMILES string of the molecule is COc1cccc2c1C(=O)c1c(O)c3c(c(O)c1C2=O)C[C@@](O)(/C(C)=N/NC(=O)c1ccc(N(C)C)cc1)C[C@@H]3OC1CC(N)C(O)C(C)O1.Cl. The number of hydrogen-bond acceptors (Lipinski definition) is 13. The molecular weight excluding hydrogens is 684 g/mol. The maximum Gasteiger partial charge on any atom is 0.271 e. The minimum Gasteiger partial charge on any atom is -0.507 e. The van der Waals surface area contributed by atoms with Crippen molar-refractivity contribution in [1.29, 1.82) is 0 Å². The number of halogens is 1. The van der Waals surface area contributed by atoms with Crippen LogP contribution >= 0.6 is 12.4 Å². The number of carbonyl (C=O) groups is 3. The molecule has 0 radical (unpaired) electrons. The van der Waals surface area contributed by atoms with Crippen LogP contribution in [0.4, 0.5) is 5.69 Å². The van der Waals surface area contributed by atoms with E-state index in [1.807, 2.05) is 19.0 Å². The van der Waals surface area contributed by atoms with Crippen LogP contribution in [0.25, 0.3) is 0 Å². The molecule has 0 bridgehead atoms. The van der Waals surface area contributed by atoms with Gasteiger partial charge in [-0.2, -0.15) is 5.10 Å². The second kappa shape index (κ2) is 14.2. The number of carbonyl (C=O) groups excluding carboxylic acids is 3. The molecule has 51 heavy (non-hydrogen) atoms. The maximum atomic E-state index is 13.9. The number of phenolic OH excluding ortho intramolecular Hbond substituents is 2. The number of hydrogen-bond donors (Lipinski definition) is 6. The van der Waals surface area contributed by atoms with Gasteiger partial charge in [-0.05, 0) is 44.2 Å². The third-order valence-electron chi connectivity index (χ3n) is 9.79. The molecule has 14 nitrogen and oxygen atoms in total. The molecule has 1 amide bonds. The average Bonchev–Trinajstić information content (AvgIpc) is 3.09. The van der Waals surface area contributed by atoms with Crippen molar-refractivity contribution >= 4 is 41.3 Å². The molecule has 1 saturated heterocycles. The Bertz CT molecular complexity index is 1900. The number of fused-ring (bicyclic) bond motifs is 3. The van der Waals surface area contributed by atoms with Crippen molar-refractivity contribution in [1.82, 2.24) is 5.43 Å². The number of aromatic hydroxyl groups is 2. The van der Waals surface area contributed by atoms with Gasteiger partial charge < -0.3 is 45.3 Å². The molecule has 1 heterocycles. The van der Waals surface area contributed by atoms with Gasteiger partial charge in [0.2, 0.25) is 5.78 Å². The van der Waals surface area contributed by atoms with E-state index in [9.17, 15) is 34.8 Å². The van der Waals surface area contributed by atoms with Gasteiger partial charge in [-0.1, -0.05) is 12.1 Å². The highest BCUT2D eigenvalue weighted by Gasteiger charge is 2.49. The molecule has 7 N–H and O–H groups in total. The van der Waals surface area contributed by atoms with E-state index in [4.69, 9.17) is 19.9 Å².